The van der Waals surface area contributed by atoms with Crippen LogP contribution in [0.5, 0.6) is 0 Å². The topological polar surface area (TPSA) is 56.5 Å². The van der Waals surface area contributed by atoms with Crippen LogP contribution in [0.4, 0.5) is 0 Å². The monoisotopic (exact) mass is 354 g/mol. The minimum Gasteiger partial charge on any atom is -0.460 e. The van der Waals surface area contributed by atoms with Gasteiger partial charge >= 0.3 is 11.6 Å². The molecule has 1 aromatic heterocycles. The summed E-state index contributed by atoms with van der Waals surface area (Å²) in [5.41, 5.74) is 2.84. The summed E-state index contributed by atoms with van der Waals surface area (Å²) in [6, 6.07) is 14.9. The van der Waals surface area contributed by atoms with E-state index >= 15 is 0 Å². The number of ether oxygens (including phenoxy) is 1. The predicted octanol–water partition coefficient (Wildman–Crippen LogP) is 4.25. The number of hydrogen-bond donors (Lipinski definition) is 0. The third kappa shape index (κ3) is 4.31. The Balaban J connectivity index is 1.67. The van der Waals surface area contributed by atoms with Crippen molar-refractivity contribution in [2.45, 2.75) is 25.3 Å². The third-order valence-corrected chi connectivity index (χ3v) is 4.96. The molecule has 0 atom stereocenters. The first kappa shape index (κ1) is 17.3. The molecule has 4 nitrogen and oxygen atoms in total. The maximum atomic E-state index is 12.0. The molecule has 0 aliphatic rings. The average Bonchev–Trinajstić information content (AvgIpc) is 2.58. The Morgan fingerprint density at radius 1 is 1.12 bits per heavy atom. The lowest BCUT2D eigenvalue weighted by molar-refractivity contribution is -0.141. The van der Waals surface area contributed by atoms with Crippen LogP contribution in [-0.2, 0) is 16.1 Å². The molecular weight excluding hydrogens is 336 g/mol. The van der Waals surface area contributed by atoms with Crippen LogP contribution in [0.1, 0.15) is 16.7 Å². The number of benzene rings is 2. The summed E-state index contributed by atoms with van der Waals surface area (Å²) < 4.78 is 10.6. The van der Waals surface area contributed by atoms with Crippen LogP contribution < -0.4 is 5.63 Å². The second-order valence-electron chi connectivity index (χ2n) is 5.81. The van der Waals surface area contributed by atoms with Crippen molar-refractivity contribution in [2.75, 3.05) is 5.75 Å². The third-order valence-electron chi connectivity index (χ3n) is 3.81. The summed E-state index contributed by atoms with van der Waals surface area (Å²) >= 11 is 1.44. The first-order valence-corrected chi connectivity index (χ1v) is 8.89. The van der Waals surface area contributed by atoms with Crippen LogP contribution in [0, 0.1) is 13.8 Å². The average molecular weight is 354 g/mol. The minimum absolute atomic E-state index is 0.0539. The van der Waals surface area contributed by atoms with Crippen molar-refractivity contribution in [1.82, 2.24) is 0 Å². The second kappa shape index (κ2) is 7.57. The van der Waals surface area contributed by atoms with Crippen molar-refractivity contribution in [3.05, 3.63) is 75.6 Å². The summed E-state index contributed by atoms with van der Waals surface area (Å²) in [5.74, 6) is -0.0923. The second-order valence-corrected chi connectivity index (χ2v) is 6.82. The Bertz CT molecular complexity index is 975. The molecule has 0 aliphatic carbocycles. The van der Waals surface area contributed by atoms with Gasteiger partial charge in [-0.15, -0.1) is 11.8 Å². The van der Waals surface area contributed by atoms with Crippen molar-refractivity contribution in [2.24, 2.45) is 0 Å². The van der Waals surface area contributed by atoms with Crippen molar-refractivity contribution >= 4 is 28.7 Å². The lowest BCUT2D eigenvalue weighted by Crippen LogP contribution is -2.09. The number of carbonyl (C=O) groups is 1. The summed E-state index contributed by atoms with van der Waals surface area (Å²) in [6.45, 7) is 3.98. The Labute approximate surface area is 149 Å². The number of thioether (sulfide) groups is 1. The van der Waals surface area contributed by atoms with Gasteiger partial charge in [0.2, 0.25) is 0 Å². The van der Waals surface area contributed by atoms with Gasteiger partial charge in [0.15, 0.2) is 0 Å². The molecule has 0 saturated heterocycles. The Morgan fingerprint density at radius 2 is 1.92 bits per heavy atom. The fourth-order valence-corrected chi connectivity index (χ4v) is 3.34. The van der Waals surface area contributed by atoms with Gasteiger partial charge in [0.1, 0.15) is 12.2 Å². The first-order chi connectivity index (χ1) is 12.0. The van der Waals surface area contributed by atoms with E-state index in [2.05, 4.69) is 0 Å². The highest BCUT2D eigenvalue weighted by Gasteiger charge is 2.10. The number of rotatable bonds is 5. The lowest BCUT2D eigenvalue weighted by Gasteiger charge is -2.08. The molecule has 1 heterocycles. The van der Waals surface area contributed by atoms with E-state index in [9.17, 15) is 9.59 Å². The molecule has 0 radical (unpaired) electrons. The lowest BCUT2D eigenvalue weighted by atomic mass is 10.1. The number of carbonyl (C=O) groups excluding carboxylic acids is 1. The maximum absolute atomic E-state index is 12.0. The zero-order chi connectivity index (χ0) is 17.8. The van der Waals surface area contributed by atoms with Gasteiger partial charge in [0, 0.05) is 21.9 Å². The zero-order valence-electron chi connectivity index (χ0n) is 14.1. The Morgan fingerprint density at radius 3 is 2.72 bits per heavy atom. The van der Waals surface area contributed by atoms with E-state index in [1.54, 1.807) is 6.07 Å². The molecule has 25 heavy (non-hydrogen) atoms. The van der Waals surface area contributed by atoms with E-state index in [0.717, 1.165) is 21.4 Å². The van der Waals surface area contributed by atoms with Crippen LogP contribution in [0.2, 0.25) is 0 Å². The molecule has 3 aromatic rings. The fourth-order valence-electron chi connectivity index (χ4n) is 2.51. The number of aryl methyl sites for hydroxylation is 2. The van der Waals surface area contributed by atoms with Crippen molar-refractivity contribution in [3.8, 4) is 0 Å². The van der Waals surface area contributed by atoms with Gasteiger partial charge in [-0.1, -0.05) is 30.3 Å². The smallest absolute Gasteiger partial charge is 0.336 e. The van der Waals surface area contributed by atoms with Gasteiger partial charge in [0.25, 0.3) is 0 Å². The molecular formula is C20H18O4S. The zero-order valence-corrected chi connectivity index (χ0v) is 14.9. The number of fused-ring (bicyclic) bond motifs is 1. The molecule has 0 N–H and O–H groups in total. The quantitative estimate of drug-likeness (QED) is 0.390. The van der Waals surface area contributed by atoms with Crippen LogP contribution in [-0.4, -0.2) is 11.7 Å². The van der Waals surface area contributed by atoms with Crippen molar-refractivity contribution < 1.29 is 13.9 Å². The van der Waals surface area contributed by atoms with Crippen molar-refractivity contribution in [3.63, 3.8) is 0 Å². The van der Waals surface area contributed by atoms with E-state index < -0.39 is 5.63 Å². The number of esters is 1. The molecule has 0 spiro atoms. The molecule has 2 aromatic carbocycles. The summed E-state index contributed by atoms with van der Waals surface area (Å²) in [6.07, 6.45) is 0. The molecule has 0 aliphatic heterocycles. The largest absolute Gasteiger partial charge is 0.460 e. The number of hydrogen-bond acceptors (Lipinski definition) is 5. The molecule has 3 rings (SSSR count). The van der Waals surface area contributed by atoms with Gasteiger partial charge in [0.05, 0.1) is 5.75 Å². The summed E-state index contributed by atoms with van der Waals surface area (Å²) in [7, 11) is 0. The van der Waals surface area contributed by atoms with Crippen LogP contribution in [0.3, 0.4) is 0 Å². The van der Waals surface area contributed by atoms with Crippen molar-refractivity contribution in [1.29, 1.82) is 0 Å². The molecule has 0 amide bonds. The maximum Gasteiger partial charge on any atom is 0.336 e. The minimum atomic E-state index is -0.446. The van der Waals surface area contributed by atoms with Gasteiger partial charge in [-0.05, 0) is 37.1 Å². The van der Waals surface area contributed by atoms with E-state index in [-0.39, 0.29) is 18.3 Å². The fraction of sp³-hybridized carbons (Fsp3) is 0.200. The van der Waals surface area contributed by atoms with Gasteiger partial charge in [-0.25, -0.2) is 4.79 Å². The molecule has 0 saturated carbocycles. The van der Waals surface area contributed by atoms with E-state index in [4.69, 9.17) is 9.15 Å². The molecule has 128 valence electrons. The highest BCUT2D eigenvalue weighted by Crippen LogP contribution is 2.23. The first-order valence-electron chi connectivity index (χ1n) is 7.90. The van der Waals surface area contributed by atoms with Gasteiger partial charge in [-0.3, -0.25) is 4.79 Å². The van der Waals surface area contributed by atoms with Crippen LogP contribution >= 0.6 is 11.8 Å². The molecule has 0 fully saturated rings. The van der Waals surface area contributed by atoms with Crippen LogP contribution in [0.15, 0.2) is 62.6 Å². The summed E-state index contributed by atoms with van der Waals surface area (Å²) in [5, 5.41) is 0.782. The van der Waals surface area contributed by atoms with Gasteiger partial charge < -0.3 is 9.15 Å². The van der Waals surface area contributed by atoms with Gasteiger partial charge in [-0.2, -0.15) is 0 Å². The molecule has 5 heteroatoms. The van der Waals surface area contributed by atoms with Crippen LogP contribution in [0.25, 0.3) is 11.0 Å². The molecule has 0 unspecified atom stereocenters. The van der Waals surface area contributed by atoms with E-state index in [1.165, 1.54) is 17.8 Å². The Hall–Kier alpha value is -2.53. The normalized spacial score (nSPS) is 10.8. The SMILES string of the molecule is Cc1ccc2c(COC(=O)CSc3ccccc3C)cc(=O)oc2c1. The van der Waals surface area contributed by atoms with E-state index in [1.807, 2.05) is 50.2 Å². The highest BCUT2D eigenvalue weighted by molar-refractivity contribution is 8.00. The van der Waals surface area contributed by atoms with E-state index in [0.29, 0.717) is 11.1 Å². The summed E-state index contributed by atoms with van der Waals surface area (Å²) in [4.78, 5) is 24.8. The standard InChI is InChI=1S/C20H18O4S/c1-13-7-8-16-15(10-19(21)24-17(16)9-13)11-23-20(22)12-25-18-6-4-3-5-14(18)2/h3-10H,11-12H2,1-2H3. The Kier molecular flexibility index (Phi) is 5.24. The predicted molar refractivity (Wildman–Crippen MR) is 98.9 cm³/mol. The highest BCUT2D eigenvalue weighted by atomic mass is 32.2. The molecule has 0 bridgehead atoms.